The molecule has 1 aliphatic rings. The molecule has 0 amide bonds. The first kappa shape index (κ1) is 19.1. The van der Waals surface area contributed by atoms with Gasteiger partial charge in [-0.3, -0.25) is 14.5 Å². The summed E-state index contributed by atoms with van der Waals surface area (Å²) in [5.41, 5.74) is 1.18. The first-order valence-corrected chi connectivity index (χ1v) is 9.63. The normalized spacial score (nSPS) is 16.2. The lowest BCUT2D eigenvalue weighted by atomic mass is 9.94. The molecule has 0 radical (unpaired) electrons. The maximum atomic E-state index is 13.1. The molecule has 1 aliphatic heterocycles. The monoisotopic (exact) mass is 389 g/mol. The van der Waals surface area contributed by atoms with E-state index in [-0.39, 0.29) is 18.0 Å². The third-order valence-electron chi connectivity index (χ3n) is 4.81. The minimum atomic E-state index is -0.445. The molecule has 2 aromatic carbocycles. The van der Waals surface area contributed by atoms with Crippen LogP contribution in [0.3, 0.4) is 0 Å². The Morgan fingerprint density at radius 3 is 1.85 bits per heavy atom. The van der Waals surface area contributed by atoms with E-state index in [0.29, 0.717) is 21.2 Å². The third kappa shape index (κ3) is 4.73. The molecule has 5 heteroatoms. The van der Waals surface area contributed by atoms with Crippen molar-refractivity contribution < 1.29 is 9.59 Å². The van der Waals surface area contributed by atoms with E-state index in [9.17, 15) is 9.59 Å². The smallest absolute Gasteiger partial charge is 0.180 e. The predicted octanol–water partition coefficient (Wildman–Crippen LogP) is 5.30. The van der Waals surface area contributed by atoms with Crippen LogP contribution in [0.4, 0.5) is 0 Å². The van der Waals surface area contributed by atoms with Gasteiger partial charge in [0.2, 0.25) is 0 Å². The summed E-state index contributed by atoms with van der Waals surface area (Å²) in [7, 11) is 0. The van der Waals surface area contributed by atoms with Crippen LogP contribution in [0, 0.1) is 0 Å². The Morgan fingerprint density at radius 2 is 1.31 bits per heavy atom. The predicted molar refractivity (Wildman–Crippen MR) is 105 cm³/mol. The number of piperidine rings is 1. The zero-order valence-electron chi connectivity index (χ0n) is 14.5. The molecule has 1 unspecified atom stereocenters. The summed E-state index contributed by atoms with van der Waals surface area (Å²) in [5, 5.41) is 1.18. The van der Waals surface area contributed by atoms with E-state index in [4.69, 9.17) is 23.2 Å². The molecule has 0 aliphatic carbocycles. The summed E-state index contributed by atoms with van der Waals surface area (Å²) in [6.07, 6.45) is 3.45. The number of benzene rings is 2. The van der Waals surface area contributed by atoms with Gasteiger partial charge < -0.3 is 0 Å². The second kappa shape index (κ2) is 8.81. The van der Waals surface area contributed by atoms with Gasteiger partial charge in [0.05, 0.1) is 6.04 Å². The van der Waals surface area contributed by atoms with Crippen LogP contribution in [0.2, 0.25) is 10.0 Å². The van der Waals surface area contributed by atoms with Crippen LogP contribution in [-0.4, -0.2) is 35.6 Å². The average Bonchev–Trinajstić information content (AvgIpc) is 2.67. The lowest BCUT2D eigenvalue weighted by molar-refractivity contribution is 0.0716. The molecule has 1 fully saturated rings. The van der Waals surface area contributed by atoms with Crippen LogP contribution >= 0.6 is 23.2 Å². The van der Waals surface area contributed by atoms with E-state index in [1.165, 1.54) is 6.42 Å². The van der Waals surface area contributed by atoms with Gasteiger partial charge in [-0.25, -0.2) is 0 Å². The molecule has 0 spiro atoms. The molecule has 0 saturated carbocycles. The Hall–Kier alpha value is -1.68. The van der Waals surface area contributed by atoms with Gasteiger partial charge in [-0.2, -0.15) is 0 Å². The van der Waals surface area contributed by atoms with Gasteiger partial charge in [-0.15, -0.1) is 0 Å². The van der Waals surface area contributed by atoms with Gasteiger partial charge in [0, 0.05) is 27.6 Å². The van der Waals surface area contributed by atoms with Gasteiger partial charge in [0.15, 0.2) is 11.6 Å². The van der Waals surface area contributed by atoms with Crippen molar-refractivity contribution in [3.63, 3.8) is 0 Å². The maximum absolute atomic E-state index is 13.1. The van der Waals surface area contributed by atoms with Crippen molar-refractivity contribution >= 4 is 34.8 Å². The first-order valence-electron chi connectivity index (χ1n) is 8.87. The van der Waals surface area contributed by atoms with Crippen molar-refractivity contribution in [1.29, 1.82) is 0 Å². The molecule has 136 valence electrons. The van der Waals surface area contributed by atoms with Crippen molar-refractivity contribution in [3.8, 4) is 0 Å². The fourth-order valence-electron chi connectivity index (χ4n) is 3.35. The van der Waals surface area contributed by atoms with Crippen LogP contribution in [0.5, 0.6) is 0 Å². The van der Waals surface area contributed by atoms with Crippen molar-refractivity contribution in [2.45, 2.75) is 31.7 Å². The zero-order chi connectivity index (χ0) is 18.5. The van der Waals surface area contributed by atoms with Crippen molar-refractivity contribution in [2.75, 3.05) is 13.1 Å². The highest BCUT2D eigenvalue weighted by atomic mass is 35.5. The summed E-state index contributed by atoms with van der Waals surface area (Å²) in [6, 6.07) is 13.3. The maximum Gasteiger partial charge on any atom is 0.180 e. The van der Waals surface area contributed by atoms with Gasteiger partial charge in [-0.05, 0) is 74.5 Å². The molecule has 3 rings (SSSR count). The molecule has 0 aromatic heterocycles. The highest BCUT2D eigenvalue weighted by molar-refractivity contribution is 6.31. The summed E-state index contributed by atoms with van der Waals surface area (Å²) < 4.78 is 0. The number of carbonyl (C=O) groups excluding carboxylic acids is 2. The molecule has 26 heavy (non-hydrogen) atoms. The lowest BCUT2D eigenvalue weighted by Crippen LogP contribution is -2.45. The van der Waals surface area contributed by atoms with Crippen LogP contribution in [0.25, 0.3) is 0 Å². The first-order chi connectivity index (χ1) is 12.5. The zero-order valence-corrected chi connectivity index (χ0v) is 16.0. The Labute approximate surface area is 163 Å². The van der Waals surface area contributed by atoms with Crippen molar-refractivity contribution in [3.05, 3.63) is 69.7 Å². The Morgan fingerprint density at radius 1 is 0.808 bits per heavy atom. The summed E-state index contributed by atoms with van der Waals surface area (Å²) >= 11 is 11.8. The van der Waals surface area contributed by atoms with E-state index < -0.39 is 6.04 Å². The highest BCUT2D eigenvalue weighted by Gasteiger charge is 2.30. The molecule has 0 N–H and O–H groups in total. The van der Waals surface area contributed by atoms with Gasteiger partial charge in [0.1, 0.15) is 0 Å². The Bertz CT molecular complexity index is 766. The Kier molecular flexibility index (Phi) is 6.47. The summed E-state index contributed by atoms with van der Waals surface area (Å²) in [6.45, 7) is 1.69. The summed E-state index contributed by atoms with van der Waals surface area (Å²) in [4.78, 5) is 28.0. The number of halogens is 2. The lowest BCUT2D eigenvalue weighted by Gasteiger charge is -2.33. The van der Waals surface area contributed by atoms with Gasteiger partial charge in [0.25, 0.3) is 0 Å². The summed E-state index contributed by atoms with van der Waals surface area (Å²) in [5.74, 6) is -0.0644. The number of hydrogen-bond acceptors (Lipinski definition) is 3. The fraction of sp³-hybridized carbons (Fsp3) is 0.333. The van der Waals surface area contributed by atoms with E-state index in [1.807, 2.05) is 0 Å². The number of Topliss-reactive ketones (excluding diaryl/α,β-unsaturated/α-hetero) is 2. The SMILES string of the molecule is O=C(CC(C(=O)c1ccc(Cl)cc1)N1CCCCC1)c1ccc(Cl)cc1. The standard InChI is InChI=1S/C21H21Cl2NO2/c22-17-8-4-15(5-9-17)20(25)14-19(24-12-2-1-3-13-24)21(26)16-6-10-18(23)11-7-16/h4-11,19H,1-3,12-14H2. The third-order valence-corrected chi connectivity index (χ3v) is 5.31. The van der Waals surface area contributed by atoms with Gasteiger partial charge >= 0.3 is 0 Å². The molecule has 3 nitrogen and oxygen atoms in total. The topological polar surface area (TPSA) is 37.4 Å². The van der Waals surface area contributed by atoms with Crippen LogP contribution < -0.4 is 0 Å². The van der Waals surface area contributed by atoms with E-state index >= 15 is 0 Å². The molecule has 2 aromatic rings. The number of nitrogens with zero attached hydrogens (tertiary/aromatic N) is 1. The van der Waals surface area contributed by atoms with Crippen LogP contribution in [0.1, 0.15) is 46.4 Å². The van der Waals surface area contributed by atoms with E-state index in [2.05, 4.69) is 4.90 Å². The highest BCUT2D eigenvalue weighted by Crippen LogP contribution is 2.21. The van der Waals surface area contributed by atoms with Crippen LogP contribution in [-0.2, 0) is 0 Å². The van der Waals surface area contributed by atoms with E-state index in [0.717, 1.165) is 25.9 Å². The number of carbonyl (C=O) groups is 2. The molecular weight excluding hydrogens is 369 g/mol. The minimum Gasteiger partial charge on any atom is -0.294 e. The van der Waals surface area contributed by atoms with Crippen molar-refractivity contribution in [2.24, 2.45) is 0 Å². The quantitative estimate of drug-likeness (QED) is 0.628. The van der Waals surface area contributed by atoms with E-state index in [1.54, 1.807) is 48.5 Å². The number of likely N-dealkylation sites (tertiary alicyclic amines) is 1. The number of ketones is 2. The fourth-order valence-corrected chi connectivity index (χ4v) is 3.61. The molecular formula is C21H21Cl2NO2. The van der Waals surface area contributed by atoms with Crippen LogP contribution in [0.15, 0.2) is 48.5 Å². The second-order valence-corrected chi connectivity index (χ2v) is 7.49. The molecule has 1 heterocycles. The average molecular weight is 390 g/mol. The second-order valence-electron chi connectivity index (χ2n) is 6.62. The number of hydrogen-bond donors (Lipinski definition) is 0. The largest absolute Gasteiger partial charge is 0.294 e. The molecule has 1 saturated heterocycles. The Balaban J connectivity index is 1.82. The molecule has 1 atom stereocenters. The minimum absolute atomic E-state index is 0.0223. The molecule has 0 bridgehead atoms. The van der Waals surface area contributed by atoms with Crippen molar-refractivity contribution in [1.82, 2.24) is 4.90 Å². The van der Waals surface area contributed by atoms with Gasteiger partial charge in [-0.1, -0.05) is 29.6 Å². The number of rotatable bonds is 6.